The molecule has 2 aromatic heterocycles. The van der Waals surface area contributed by atoms with E-state index in [1.807, 2.05) is 135 Å². The van der Waals surface area contributed by atoms with Gasteiger partial charge in [-0.25, -0.2) is 0 Å². The molecule has 8 rings (SSSR count). The maximum atomic E-state index is 6.75. The second kappa shape index (κ2) is 13.3. The zero-order valence-corrected chi connectivity index (χ0v) is 29.5. The van der Waals surface area contributed by atoms with Crippen LogP contribution >= 0.6 is 16.5 Å². The van der Waals surface area contributed by atoms with E-state index in [0.29, 0.717) is 56.5 Å². The molecule has 0 atom stereocenters. The molecule has 0 fully saturated rings. The molecule has 0 spiro atoms. The van der Waals surface area contributed by atoms with Gasteiger partial charge >= 0.3 is 16.5 Å². The standard InChI is InChI=1S/C40H32O8P2/c1-25-21-27(41-3)23-33(39(25)47-49-43-35-17-9-5-13-29(35)30-14-6-10-18-36(30)44-49)34-24-28(42-4)22-26(2)40(34)48-50-45-37-19-11-7-15-31(37)32-16-8-12-20-38(32)46-50/h5-24H,1-4H3. The Bertz CT molecular complexity index is 2330. The van der Waals surface area contributed by atoms with Crippen LogP contribution in [0.3, 0.4) is 0 Å². The molecule has 8 nitrogen and oxygen atoms in total. The lowest BCUT2D eigenvalue weighted by molar-refractivity contribution is 0.412. The van der Waals surface area contributed by atoms with Gasteiger partial charge in [-0.15, -0.1) is 0 Å². The number of hydrogen-bond acceptors (Lipinski definition) is 8. The van der Waals surface area contributed by atoms with Gasteiger partial charge in [0, 0.05) is 32.7 Å². The highest BCUT2D eigenvalue weighted by atomic mass is 31.1. The Balaban J connectivity index is 1.34. The first-order valence-electron chi connectivity index (χ1n) is 15.9. The highest BCUT2D eigenvalue weighted by Gasteiger charge is 2.23. The van der Waals surface area contributed by atoms with Crippen molar-refractivity contribution in [3.8, 4) is 34.1 Å². The topological polar surface area (TPSA) is 89.5 Å². The second-order valence-electron chi connectivity index (χ2n) is 11.6. The quantitative estimate of drug-likeness (QED) is 0.162. The van der Waals surface area contributed by atoms with E-state index in [2.05, 4.69) is 0 Å². The zero-order valence-electron chi connectivity index (χ0n) is 27.7. The fourth-order valence-corrected chi connectivity index (χ4v) is 8.30. The first-order valence-corrected chi connectivity index (χ1v) is 18.1. The third kappa shape index (κ3) is 5.94. The van der Waals surface area contributed by atoms with Gasteiger partial charge in [0.2, 0.25) is 0 Å². The number of aryl methyl sites for hydroxylation is 2. The van der Waals surface area contributed by atoms with E-state index < -0.39 is 16.5 Å². The molecule has 0 aliphatic heterocycles. The molecule has 0 unspecified atom stereocenters. The summed E-state index contributed by atoms with van der Waals surface area (Å²) < 4.78 is 50.8. The number of methoxy groups -OCH3 is 2. The van der Waals surface area contributed by atoms with Crippen molar-refractivity contribution in [2.24, 2.45) is 0 Å². The van der Waals surface area contributed by atoms with Crippen LogP contribution < -0.4 is 18.5 Å². The van der Waals surface area contributed by atoms with Crippen LogP contribution in [0.15, 0.2) is 138 Å². The number of hydrogen-bond donors (Lipinski definition) is 0. The van der Waals surface area contributed by atoms with Crippen LogP contribution in [0.1, 0.15) is 11.1 Å². The summed E-state index contributed by atoms with van der Waals surface area (Å²) in [6.45, 7) is 3.92. The van der Waals surface area contributed by atoms with Crippen LogP contribution in [0.5, 0.6) is 23.0 Å². The third-order valence-corrected chi connectivity index (χ3v) is 10.5. The maximum Gasteiger partial charge on any atom is 0.453 e. The Labute approximate surface area is 289 Å². The van der Waals surface area contributed by atoms with Crippen molar-refractivity contribution in [3.63, 3.8) is 0 Å². The van der Waals surface area contributed by atoms with E-state index in [0.717, 1.165) is 32.7 Å². The largest absolute Gasteiger partial charge is 0.497 e. The SMILES string of the molecule is COc1cc(C)c(Op2oc3ccccc3c3ccccc3o2)c(-c2cc(OC)cc(C)c2Op2oc3ccccc3c3ccccc3o2)c1. The molecular formula is C40H32O8P2. The van der Waals surface area contributed by atoms with Crippen molar-refractivity contribution in [1.82, 2.24) is 0 Å². The number of ether oxygens (including phenoxy) is 2. The van der Waals surface area contributed by atoms with Gasteiger partial charge in [-0.2, -0.15) is 0 Å². The minimum atomic E-state index is -1.95. The molecule has 0 radical (unpaired) electrons. The fraction of sp³-hybridized carbons (Fsp3) is 0.100. The molecule has 0 saturated carbocycles. The van der Waals surface area contributed by atoms with Crippen LogP contribution in [0.4, 0.5) is 0 Å². The van der Waals surface area contributed by atoms with Crippen molar-refractivity contribution in [2.75, 3.05) is 14.2 Å². The monoisotopic (exact) mass is 702 g/mol. The van der Waals surface area contributed by atoms with Crippen molar-refractivity contribution < 1.29 is 35.3 Å². The van der Waals surface area contributed by atoms with Crippen molar-refractivity contribution in [3.05, 3.63) is 132 Å². The Morgan fingerprint density at radius 3 is 1.02 bits per heavy atom. The normalized spacial score (nSPS) is 11.2. The first kappa shape index (κ1) is 31.6. The number of rotatable bonds is 7. The van der Waals surface area contributed by atoms with E-state index in [4.69, 9.17) is 35.3 Å². The van der Waals surface area contributed by atoms with Crippen LogP contribution in [-0.4, -0.2) is 14.2 Å². The summed E-state index contributed by atoms with van der Waals surface area (Å²) in [6, 6.07) is 39.0. The predicted octanol–water partition coefficient (Wildman–Crippen LogP) is 12.9. The van der Waals surface area contributed by atoms with Gasteiger partial charge < -0.3 is 35.3 Å². The Hall–Kier alpha value is -5.68. The van der Waals surface area contributed by atoms with Crippen molar-refractivity contribution in [2.45, 2.75) is 13.8 Å². The third-order valence-electron chi connectivity index (χ3n) is 8.41. The summed E-state index contributed by atoms with van der Waals surface area (Å²) in [7, 11) is -0.633. The minimum Gasteiger partial charge on any atom is -0.497 e. The summed E-state index contributed by atoms with van der Waals surface area (Å²) >= 11 is 0. The van der Waals surface area contributed by atoms with Gasteiger partial charge in [0.15, 0.2) is 0 Å². The Morgan fingerprint density at radius 2 is 0.720 bits per heavy atom. The summed E-state index contributed by atoms with van der Waals surface area (Å²) in [5, 5.41) is 3.71. The molecule has 0 saturated heterocycles. The van der Waals surface area contributed by atoms with Crippen molar-refractivity contribution >= 4 is 60.4 Å². The van der Waals surface area contributed by atoms with E-state index in [1.54, 1.807) is 14.2 Å². The average Bonchev–Trinajstić information content (AvgIpc) is 3.40. The van der Waals surface area contributed by atoms with Crippen LogP contribution in [0.2, 0.25) is 0 Å². The Morgan fingerprint density at radius 1 is 0.420 bits per heavy atom. The van der Waals surface area contributed by atoms with Gasteiger partial charge in [-0.1, -0.05) is 72.8 Å². The maximum absolute atomic E-state index is 6.75. The molecule has 50 heavy (non-hydrogen) atoms. The summed E-state index contributed by atoms with van der Waals surface area (Å²) in [5.74, 6) is 2.35. The highest BCUT2D eigenvalue weighted by Crippen LogP contribution is 2.50. The van der Waals surface area contributed by atoms with Gasteiger partial charge in [0.25, 0.3) is 0 Å². The second-order valence-corrected chi connectivity index (χ2v) is 13.6. The molecule has 250 valence electrons. The van der Waals surface area contributed by atoms with Crippen LogP contribution in [-0.2, 0) is 0 Å². The van der Waals surface area contributed by atoms with E-state index in [-0.39, 0.29) is 0 Å². The molecule has 0 aliphatic rings. The molecule has 0 aliphatic carbocycles. The summed E-state index contributed by atoms with van der Waals surface area (Å²) in [5.41, 5.74) is 5.66. The number of fused-ring (bicyclic) bond motifs is 6. The van der Waals surface area contributed by atoms with E-state index in [9.17, 15) is 0 Å². The van der Waals surface area contributed by atoms with Gasteiger partial charge in [0.05, 0.1) is 14.2 Å². The zero-order chi connectivity index (χ0) is 34.2. The molecule has 10 heteroatoms. The highest BCUT2D eigenvalue weighted by molar-refractivity contribution is 7.32. The van der Waals surface area contributed by atoms with Gasteiger partial charge in [-0.3, -0.25) is 0 Å². The number of benzene rings is 6. The molecular weight excluding hydrogens is 670 g/mol. The number of para-hydroxylation sites is 4. The predicted molar refractivity (Wildman–Crippen MR) is 199 cm³/mol. The molecule has 6 aromatic carbocycles. The Kier molecular flexibility index (Phi) is 8.41. The molecule has 0 amide bonds. The molecule has 0 bridgehead atoms. The summed E-state index contributed by atoms with van der Waals surface area (Å²) in [4.78, 5) is 0. The minimum absolute atomic E-state index is 0.539. The van der Waals surface area contributed by atoms with Crippen molar-refractivity contribution in [1.29, 1.82) is 0 Å². The lowest BCUT2D eigenvalue weighted by atomic mass is 9.98. The van der Waals surface area contributed by atoms with Gasteiger partial charge in [0.1, 0.15) is 45.3 Å². The van der Waals surface area contributed by atoms with Crippen LogP contribution in [0.25, 0.3) is 55.0 Å². The summed E-state index contributed by atoms with van der Waals surface area (Å²) in [6.07, 6.45) is 0. The smallest absolute Gasteiger partial charge is 0.453 e. The first-order chi connectivity index (χ1) is 24.5. The lowest BCUT2D eigenvalue weighted by Gasteiger charge is -2.18. The average molecular weight is 703 g/mol. The van der Waals surface area contributed by atoms with Gasteiger partial charge in [-0.05, 0) is 73.5 Å². The fourth-order valence-electron chi connectivity index (χ4n) is 6.02. The van der Waals surface area contributed by atoms with Crippen LogP contribution in [0, 0.1) is 13.8 Å². The molecule has 0 N–H and O–H groups in total. The van der Waals surface area contributed by atoms with E-state index in [1.165, 1.54) is 0 Å². The lowest BCUT2D eigenvalue weighted by Crippen LogP contribution is -1.96. The molecule has 8 aromatic rings. The molecule has 2 heterocycles. The van der Waals surface area contributed by atoms with E-state index >= 15 is 0 Å².